The Morgan fingerprint density at radius 2 is 1.90 bits per heavy atom. The van der Waals surface area contributed by atoms with Gasteiger partial charge in [-0.2, -0.15) is 0 Å². The van der Waals surface area contributed by atoms with Crippen molar-refractivity contribution in [2.45, 2.75) is 46.2 Å². The number of rotatable bonds is 8. The molecular formula is C24H29N3O3. The standard InChI is InChI=1S/C24H29N3O3/c1-5-15-27(23(28)17-11-10-12-18(16-17)30-4)21(6-2)22-25-20-14-9-8-13-19(20)24(29)26(22)7-3/h8-14,16,21H,5-7,15H2,1-4H3. The molecule has 158 valence electrons. The van der Waals surface area contributed by atoms with Gasteiger partial charge in [0.15, 0.2) is 0 Å². The predicted octanol–water partition coefficient (Wildman–Crippen LogP) is 4.43. The van der Waals surface area contributed by atoms with Crippen molar-refractivity contribution in [3.63, 3.8) is 0 Å². The number of ether oxygens (including phenoxy) is 1. The molecule has 3 aromatic rings. The first kappa shape index (κ1) is 21.6. The SMILES string of the molecule is CCCN(C(=O)c1cccc(OC)c1)C(CC)c1nc2ccccc2c(=O)n1CC. The minimum absolute atomic E-state index is 0.0678. The highest BCUT2D eigenvalue weighted by molar-refractivity contribution is 5.95. The fraction of sp³-hybridized carbons (Fsp3) is 0.375. The number of nitrogens with zero attached hydrogens (tertiary/aromatic N) is 3. The Hall–Kier alpha value is -3.15. The van der Waals surface area contributed by atoms with Gasteiger partial charge in [-0.1, -0.05) is 32.0 Å². The van der Waals surface area contributed by atoms with Gasteiger partial charge in [0.05, 0.1) is 24.1 Å². The molecule has 0 aliphatic heterocycles. The Morgan fingerprint density at radius 1 is 1.13 bits per heavy atom. The van der Waals surface area contributed by atoms with Crippen molar-refractivity contribution in [1.82, 2.24) is 14.5 Å². The summed E-state index contributed by atoms with van der Waals surface area (Å²) >= 11 is 0. The van der Waals surface area contributed by atoms with Gasteiger partial charge in [-0.15, -0.1) is 0 Å². The second kappa shape index (κ2) is 9.57. The maximum absolute atomic E-state index is 13.5. The molecule has 0 saturated heterocycles. The van der Waals surface area contributed by atoms with E-state index in [4.69, 9.17) is 9.72 Å². The Labute approximate surface area is 177 Å². The molecule has 6 nitrogen and oxygen atoms in total. The van der Waals surface area contributed by atoms with E-state index in [1.807, 2.05) is 56.0 Å². The van der Waals surface area contributed by atoms with Crippen molar-refractivity contribution in [2.24, 2.45) is 0 Å². The number of hydrogen-bond acceptors (Lipinski definition) is 4. The number of hydrogen-bond donors (Lipinski definition) is 0. The van der Waals surface area contributed by atoms with Gasteiger partial charge in [0.2, 0.25) is 0 Å². The molecule has 0 spiro atoms. The molecule has 1 aromatic heterocycles. The zero-order chi connectivity index (χ0) is 21.7. The molecule has 6 heteroatoms. The molecule has 0 aliphatic rings. The molecule has 0 fully saturated rings. The summed E-state index contributed by atoms with van der Waals surface area (Å²) in [7, 11) is 1.58. The number of aromatic nitrogens is 2. The van der Waals surface area contributed by atoms with Gasteiger partial charge >= 0.3 is 0 Å². The fourth-order valence-electron chi connectivity index (χ4n) is 3.85. The Morgan fingerprint density at radius 3 is 2.57 bits per heavy atom. The molecule has 1 amide bonds. The minimum atomic E-state index is -0.305. The smallest absolute Gasteiger partial charge is 0.261 e. The van der Waals surface area contributed by atoms with Crippen LogP contribution in [0.25, 0.3) is 10.9 Å². The number of carbonyl (C=O) groups excluding carboxylic acids is 1. The van der Waals surface area contributed by atoms with E-state index in [1.165, 1.54) is 0 Å². The highest BCUT2D eigenvalue weighted by Crippen LogP contribution is 2.27. The molecule has 1 heterocycles. The average molecular weight is 408 g/mol. The van der Waals surface area contributed by atoms with Crippen LogP contribution in [0.5, 0.6) is 5.75 Å². The van der Waals surface area contributed by atoms with Gasteiger partial charge in [0, 0.05) is 18.7 Å². The third kappa shape index (κ3) is 4.08. The van der Waals surface area contributed by atoms with E-state index in [9.17, 15) is 9.59 Å². The van der Waals surface area contributed by atoms with Crippen molar-refractivity contribution in [1.29, 1.82) is 0 Å². The van der Waals surface area contributed by atoms with Gasteiger partial charge < -0.3 is 9.64 Å². The van der Waals surface area contributed by atoms with Crippen molar-refractivity contribution < 1.29 is 9.53 Å². The molecule has 0 aliphatic carbocycles. The maximum Gasteiger partial charge on any atom is 0.261 e. The van der Waals surface area contributed by atoms with Crippen LogP contribution in [0.1, 0.15) is 55.8 Å². The third-order valence-electron chi connectivity index (χ3n) is 5.31. The van der Waals surface area contributed by atoms with Gasteiger partial charge in [0.25, 0.3) is 11.5 Å². The number of methoxy groups -OCH3 is 1. The molecule has 0 bridgehead atoms. The summed E-state index contributed by atoms with van der Waals surface area (Å²) in [4.78, 5) is 33.3. The van der Waals surface area contributed by atoms with E-state index in [0.717, 1.165) is 6.42 Å². The predicted molar refractivity (Wildman–Crippen MR) is 119 cm³/mol. The lowest BCUT2D eigenvalue weighted by atomic mass is 10.1. The zero-order valence-electron chi connectivity index (χ0n) is 18.1. The normalized spacial score (nSPS) is 12.0. The fourth-order valence-corrected chi connectivity index (χ4v) is 3.85. The van der Waals surface area contributed by atoms with Crippen LogP contribution < -0.4 is 10.3 Å². The zero-order valence-corrected chi connectivity index (χ0v) is 18.1. The number of fused-ring (bicyclic) bond motifs is 1. The number of carbonyl (C=O) groups is 1. The summed E-state index contributed by atoms with van der Waals surface area (Å²) in [5.74, 6) is 1.18. The topological polar surface area (TPSA) is 64.4 Å². The largest absolute Gasteiger partial charge is 0.497 e. The molecule has 30 heavy (non-hydrogen) atoms. The summed E-state index contributed by atoms with van der Waals surface area (Å²) < 4.78 is 6.98. The van der Waals surface area contributed by atoms with Crippen LogP contribution in [-0.4, -0.2) is 34.0 Å². The van der Waals surface area contributed by atoms with Gasteiger partial charge in [0.1, 0.15) is 11.6 Å². The monoisotopic (exact) mass is 407 g/mol. The van der Waals surface area contributed by atoms with Crippen molar-refractivity contribution >= 4 is 16.8 Å². The average Bonchev–Trinajstić information content (AvgIpc) is 2.78. The van der Waals surface area contributed by atoms with E-state index in [-0.39, 0.29) is 17.5 Å². The first-order valence-corrected chi connectivity index (χ1v) is 10.5. The van der Waals surface area contributed by atoms with Crippen LogP contribution >= 0.6 is 0 Å². The van der Waals surface area contributed by atoms with E-state index >= 15 is 0 Å². The summed E-state index contributed by atoms with van der Waals surface area (Å²) in [6.45, 7) is 7.06. The Balaban J connectivity index is 2.13. The van der Waals surface area contributed by atoms with Crippen LogP contribution in [0.3, 0.4) is 0 Å². The summed E-state index contributed by atoms with van der Waals surface area (Å²) in [6.07, 6.45) is 1.45. The van der Waals surface area contributed by atoms with Crippen LogP contribution in [0, 0.1) is 0 Å². The highest BCUT2D eigenvalue weighted by Gasteiger charge is 2.28. The summed E-state index contributed by atoms with van der Waals surface area (Å²) in [5, 5.41) is 0.596. The first-order chi connectivity index (χ1) is 14.5. The lowest BCUT2D eigenvalue weighted by Gasteiger charge is -2.32. The molecule has 0 N–H and O–H groups in total. The van der Waals surface area contributed by atoms with Gasteiger partial charge in [-0.25, -0.2) is 4.98 Å². The molecule has 1 atom stereocenters. The molecule has 2 aromatic carbocycles. The lowest BCUT2D eigenvalue weighted by Crippen LogP contribution is -2.39. The van der Waals surface area contributed by atoms with E-state index in [2.05, 4.69) is 0 Å². The molecule has 0 radical (unpaired) electrons. The second-order valence-electron chi connectivity index (χ2n) is 7.19. The lowest BCUT2D eigenvalue weighted by molar-refractivity contribution is 0.0656. The number of benzene rings is 2. The number of amides is 1. The summed E-state index contributed by atoms with van der Waals surface area (Å²) in [5.41, 5.74) is 1.15. The van der Waals surface area contributed by atoms with Crippen LogP contribution in [-0.2, 0) is 6.54 Å². The van der Waals surface area contributed by atoms with Crippen molar-refractivity contribution in [2.75, 3.05) is 13.7 Å². The van der Waals surface area contributed by atoms with E-state index in [1.54, 1.807) is 29.9 Å². The van der Waals surface area contributed by atoms with Gasteiger partial charge in [-0.05, 0) is 50.1 Å². The highest BCUT2D eigenvalue weighted by atomic mass is 16.5. The van der Waals surface area contributed by atoms with Crippen LogP contribution in [0.4, 0.5) is 0 Å². The molecular weight excluding hydrogens is 378 g/mol. The molecule has 0 saturated carbocycles. The Bertz CT molecular complexity index is 1090. The van der Waals surface area contributed by atoms with Crippen LogP contribution in [0.15, 0.2) is 53.3 Å². The second-order valence-corrected chi connectivity index (χ2v) is 7.19. The van der Waals surface area contributed by atoms with E-state index in [0.29, 0.717) is 47.6 Å². The number of para-hydroxylation sites is 1. The molecule has 1 unspecified atom stereocenters. The van der Waals surface area contributed by atoms with Gasteiger partial charge in [-0.3, -0.25) is 14.2 Å². The molecule has 3 rings (SSSR count). The maximum atomic E-state index is 13.5. The van der Waals surface area contributed by atoms with Crippen molar-refractivity contribution in [3.05, 3.63) is 70.3 Å². The Kier molecular flexibility index (Phi) is 6.87. The quantitative estimate of drug-likeness (QED) is 0.554. The first-order valence-electron chi connectivity index (χ1n) is 10.5. The van der Waals surface area contributed by atoms with Crippen molar-refractivity contribution in [3.8, 4) is 5.75 Å². The summed E-state index contributed by atoms with van der Waals surface area (Å²) in [6, 6.07) is 14.2. The minimum Gasteiger partial charge on any atom is -0.497 e. The van der Waals surface area contributed by atoms with Crippen LogP contribution in [0.2, 0.25) is 0 Å². The van der Waals surface area contributed by atoms with E-state index < -0.39 is 0 Å². The third-order valence-corrected chi connectivity index (χ3v) is 5.31.